The van der Waals surface area contributed by atoms with E-state index in [-0.39, 0.29) is 11.8 Å². The number of ether oxygens (including phenoxy) is 1. The maximum atomic E-state index is 13.0. The van der Waals surface area contributed by atoms with Crippen LogP contribution in [0.25, 0.3) is 0 Å². The molecule has 0 radical (unpaired) electrons. The van der Waals surface area contributed by atoms with E-state index in [0.29, 0.717) is 0 Å². The van der Waals surface area contributed by atoms with E-state index in [1.165, 1.54) is 5.56 Å². The normalized spacial score (nSPS) is 20.7. The zero-order valence-electron chi connectivity index (χ0n) is 15.3. The van der Waals surface area contributed by atoms with Gasteiger partial charge in [0, 0.05) is 44.0 Å². The Labute approximate surface area is 154 Å². The Hall–Kier alpha value is -2.34. The number of H-pyrrole nitrogens is 1. The summed E-state index contributed by atoms with van der Waals surface area (Å²) in [6, 6.07) is 8.14. The van der Waals surface area contributed by atoms with Crippen LogP contribution >= 0.6 is 0 Å². The van der Waals surface area contributed by atoms with Gasteiger partial charge in [-0.2, -0.15) is 0 Å². The molecule has 2 aliphatic rings. The third kappa shape index (κ3) is 3.33. The molecular weight excluding hydrogens is 328 g/mol. The number of carbonyl (C=O) groups excluding carboxylic acids is 1. The van der Waals surface area contributed by atoms with Crippen LogP contribution in [0.3, 0.4) is 0 Å². The van der Waals surface area contributed by atoms with Crippen LogP contribution in [-0.2, 0) is 17.8 Å². The summed E-state index contributed by atoms with van der Waals surface area (Å²) in [5.74, 6) is 1.11. The first-order chi connectivity index (χ1) is 12.8. The second-order valence-corrected chi connectivity index (χ2v) is 7.12. The number of nitrogens with zero attached hydrogens (tertiary/aromatic N) is 3. The summed E-state index contributed by atoms with van der Waals surface area (Å²) in [5, 5.41) is 0. The van der Waals surface area contributed by atoms with Crippen LogP contribution in [0.1, 0.15) is 35.7 Å². The Morgan fingerprint density at radius 2 is 2.08 bits per heavy atom. The molecule has 2 heterocycles. The molecule has 0 bridgehead atoms. The van der Waals surface area contributed by atoms with E-state index in [1.54, 1.807) is 13.4 Å². The number of methoxy groups -OCH3 is 1. The van der Waals surface area contributed by atoms with Crippen LogP contribution in [0, 0.1) is 0 Å². The summed E-state index contributed by atoms with van der Waals surface area (Å²) in [6.07, 6.45) is 4.70. The molecule has 4 rings (SSSR count). The second-order valence-electron chi connectivity index (χ2n) is 7.12. The molecule has 1 aromatic heterocycles. The number of aromatic amines is 1. The maximum absolute atomic E-state index is 13.0. The van der Waals surface area contributed by atoms with Gasteiger partial charge in [-0.1, -0.05) is 18.2 Å². The number of hydrogen-bond acceptors (Lipinski definition) is 4. The Balaban J connectivity index is 1.36. The summed E-state index contributed by atoms with van der Waals surface area (Å²) in [4.78, 5) is 25.0. The molecule has 0 spiro atoms. The van der Waals surface area contributed by atoms with E-state index in [0.717, 1.165) is 69.1 Å². The third-order valence-electron chi connectivity index (χ3n) is 5.57. The molecule has 1 atom stereocenters. The number of imidazole rings is 1. The molecule has 1 unspecified atom stereocenters. The predicted octanol–water partition coefficient (Wildman–Crippen LogP) is 2.18. The third-order valence-corrected chi connectivity index (χ3v) is 5.57. The van der Waals surface area contributed by atoms with Crippen molar-refractivity contribution in [3.05, 3.63) is 47.5 Å². The van der Waals surface area contributed by atoms with Crippen LogP contribution in [0.5, 0.6) is 5.75 Å². The molecule has 6 nitrogen and oxygen atoms in total. The van der Waals surface area contributed by atoms with Gasteiger partial charge in [0.1, 0.15) is 5.75 Å². The first-order valence-electron chi connectivity index (χ1n) is 9.41. The molecule has 138 valence electrons. The lowest BCUT2D eigenvalue weighted by Gasteiger charge is -2.37. The zero-order chi connectivity index (χ0) is 17.9. The predicted molar refractivity (Wildman–Crippen MR) is 99.1 cm³/mol. The van der Waals surface area contributed by atoms with Gasteiger partial charge in [-0.3, -0.25) is 9.69 Å². The molecule has 1 fully saturated rings. The number of aryl methyl sites for hydroxylation is 1. The van der Waals surface area contributed by atoms with Crippen LogP contribution in [0.15, 0.2) is 30.6 Å². The summed E-state index contributed by atoms with van der Waals surface area (Å²) < 4.78 is 5.45. The number of benzene rings is 1. The Morgan fingerprint density at radius 3 is 2.88 bits per heavy atom. The minimum Gasteiger partial charge on any atom is -0.496 e. The average molecular weight is 354 g/mol. The van der Waals surface area contributed by atoms with Crippen molar-refractivity contribution in [3.63, 3.8) is 0 Å². The highest BCUT2D eigenvalue weighted by Gasteiger charge is 2.33. The highest BCUT2D eigenvalue weighted by atomic mass is 16.5. The SMILES string of the molecule is COc1ccccc1CN1CCN(C(=O)C2CCCc3[nH]cnc32)CC1. The highest BCUT2D eigenvalue weighted by Crippen LogP contribution is 2.31. The molecule has 1 aliphatic heterocycles. The van der Waals surface area contributed by atoms with Crippen molar-refractivity contribution in [1.29, 1.82) is 0 Å². The number of para-hydroxylation sites is 1. The van der Waals surface area contributed by atoms with Crippen molar-refractivity contribution in [2.45, 2.75) is 31.7 Å². The largest absolute Gasteiger partial charge is 0.496 e. The van der Waals surface area contributed by atoms with Crippen molar-refractivity contribution >= 4 is 5.91 Å². The lowest BCUT2D eigenvalue weighted by molar-refractivity contribution is -0.135. The van der Waals surface area contributed by atoms with Gasteiger partial charge in [-0.25, -0.2) is 4.98 Å². The van der Waals surface area contributed by atoms with Crippen molar-refractivity contribution in [3.8, 4) is 5.75 Å². The first kappa shape index (κ1) is 17.1. The highest BCUT2D eigenvalue weighted by molar-refractivity contribution is 5.84. The molecule has 6 heteroatoms. The number of piperazine rings is 1. The number of aromatic nitrogens is 2. The number of hydrogen-bond donors (Lipinski definition) is 1. The maximum Gasteiger partial charge on any atom is 0.231 e. The fraction of sp³-hybridized carbons (Fsp3) is 0.500. The van der Waals surface area contributed by atoms with Crippen molar-refractivity contribution in [2.75, 3.05) is 33.3 Å². The quantitative estimate of drug-likeness (QED) is 0.914. The van der Waals surface area contributed by atoms with Crippen LogP contribution in [0.4, 0.5) is 0 Å². The molecule has 1 aromatic carbocycles. The molecule has 26 heavy (non-hydrogen) atoms. The smallest absolute Gasteiger partial charge is 0.231 e. The van der Waals surface area contributed by atoms with Gasteiger partial charge in [0.2, 0.25) is 5.91 Å². The average Bonchev–Trinajstić information content (AvgIpc) is 3.17. The van der Waals surface area contributed by atoms with Gasteiger partial charge in [-0.05, 0) is 25.3 Å². The second kappa shape index (κ2) is 7.50. The summed E-state index contributed by atoms with van der Waals surface area (Å²) in [7, 11) is 1.71. The van der Waals surface area contributed by atoms with E-state index in [9.17, 15) is 4.79 Å². The minimum atomic E-state index is -0.0641. The van der Waals surface area contributed by atoms with Gasteiger partial charge in [0.05, 0.1) is 25.0 Å². The van der Waals surface area contributed by atoms with E-state index in [4.69, 9.17) is 4.74 Å². The molecule has 0 saturated carbocycles. The summed E-state index contributed by atoms with van der Waals surface area (Å²) in [5.41, 5.74) is 3.31. The lowest BCUT2D eigenvalue weighted by Crippen LogP contribution is -2.49. The van der Waals surface area contributed by atoms with E-state index in [2.05, 4.69) is 20.9 Å². The van der Waals surface area contributed by atoms with Gasteiger partial charge < -0.3 is 14.6 Å². The minimum absolute atomic E-state index is 0.0641. The van der Waals surface area contributed by atoms with Gasteiger partial charge in [-0.15, -0.1) is 0 Å². The molecule has 2 aromatic rings. The zero-order valence-corrected chi connectivity index (χ0v) is 15.3. The van der Waals surface area contributed by atoms with Crippen molar-refractivity contribution in [1.82, 2.24) is 19.8 Å². The van der Waals surface area contributed by atoms with Gasteiger partial charge in [0.15, 0.2) is 0 Å². The van der Waals surface area contributed by atoms with Crippen LogP contribution in [-0.4, -0.2) is 59.0 Å². The van der Waals surface area contributed by atoms with Crippen molar-refractivity contribution in [2.24, 2.45) is 0 Å². The van der Waals surface area contributed by atoms with E-state index >= 15 is 0 Å². The van der Waals surface area contributed by atoms with Gasteiger partial charge >= 0.3 is 0 Å². The topological polar surface area (TPSA) is 61.5 Å². The number of nitrogens with one attached hydrogen (secondary N) is 1. The Bertz CT molecular complexity index is 765. The number of fused-ring (bicyclic) bond motifs is 1. The van der Waals surface area contributed by atoms with Crippen LogP contribution < -0.4 is 4.74 Å². The molecular formula is C20H26N4O2. The standard InChI is InChI=1S/C20H26N4O2/c1-26-18-8-3-2-5-15(18)13-23-9-11-24(12-10-23)20(25)16-6-4-7-17-19(16)22-14-21-17/h2-3,5,8,14,16H,4,6-7,9-13H2,1H3,(H,21,22). The summed E-state index contributed by atoms with van der Waals surface area (Å²) in [6.45, 7) is 4.21. The fourth-order valence-corrected chi connectivity index (χ4v) is 4.11. The molecule has 1 amide bonds. The van der Waals surface area contributed by atoms with E-state index in [1.807, 2.05) is 23.1 Å². The molecule has 1 aliphatic carbocycles. The van der Waals surface area contributed by atoms with Crippen LogP contribution in [0.2, 0.25) is 0 Å². The monoisotopic (exact) mass is 354 g/mol. The number of carbonyl (C=O) groups is 1. The summed E-state index contributed by atoms with van der Waals surface area (Å²) >= 11 is 0. The number of amides is 1. The van der Waals surface area contributed by atoms with E-state index < -0.39 is 0 Å². The first-order valence-corrected chi connectivity index (χ1v) is 9.41. The fourth-order valence-electron chi connectivity index (χ4n) is 4.11. The van der Waals surface area contributed by atoms with Gasteiger partial charge in [0.25, 0.3) is 0 Å². The Kier molecular flexibility index (Phi) is 4.93. The molecule has 1 saturated heterocycles. The van der Waals surface area contributed by atoms with Crippen molar-refractivity contribution < 1.29 is 9.53 Å². The Morgan fingerprint density at radius 1 is 1.27 bits per heavy atom. The number of rotatable bonds is 4. The molecule has 1 N–H and O–H groups in total. The lowest BCUT2D eigenvalue weighted by atomic mass is 9.88.